The lowest BCUT2D eigenvalue weighted by Gasteiger charge is -2.40. The van der Waals surface area contributed by atoms with Crippen molar-refractivity contribution < 1.29 is 35.9 Å². The van der Waals surface area contributed by atoms with Crippen LogP contribution in [-0.4, -0.2) is 79.0 Å². The van der Waals surface area contributed by atoms with Crippen molar-refractivity contribution in [3.05, 3.63) is 29.1 Å². The molecular formula is C21H22F6N8O2S. The number of halogens is 6. The van der Waals surface area contributed by atoms with Crippen LogP contribution in [0.4, 0.5) is 31.3 Å². The predicted molar refractivity (Wildman–Crippen MR) is 123 cm³/mol. The van der Waals surface area contributed by atoms with E-state index in [9.17, 15) is 31.1 Å². The van der Waals surface area contributed by atoms with Crippen molar-refractivity contribution in [1.29, 1.82) is 0 Å². The Morgan fingerprint density at radius 3 is 2.34 bits per heavy atom. The van der Waals surface area contributed by atoms with Gasteiger partial charge in [0.25, 0.3) is 0 Å². The number of ether oxygens (including phenoxy) is 1. The molecule has 1 amide bonds. The molecule has 1 fully saturated rings. The number of aryl methyl sites for hydroxylation is 2. The zero-order valence-electron chi connectivity index (χ0n) is 20.3. The second kappa shape index (κ2) is 10.3. The lowest BCUT2D eigenvalue weighted by Crippen LogP contribution is -2.54. The maximum atomic E-state index is 13.5. The average Bonchev–Trinajstić information content (AvgIpc) is 3.40. The van der Waals surface area contributed by atoms with Gasteiger partial charge in [0.15, 0.2) is 6.61 Å². The Kier molecular flexibility index (Phi) is 7.49. The van der Waals surface area contributed by atoms with Crippen molar-refractivity contribution in [2.45, 2.75) is 45.7 Å². The van der Waals surface area contributed by atoms with Crippen molar-refractivity contribution in [2.24, 2.45) is 0 Å². The second-order valence-corrected chi connectivity index (χ2v) is 9.55. The Bertz CT molecular complexity index is 1290. The summed E-state index contributed by atoms with van der Waals surface area (Å²) in [6, 6.07) is -0.919. The summed E-state index contributed by atoms with van der Waals surface area (Å²) < 4.78 is 83.6. The van der Waals surface area contributed by atoms with Gasteiger partial charge in [0.05, 0.1) is 0 Å². The van der Waals surface area contributed by atoms with Gasteiger partial charge in [0, 0.05) is 43.6 Å². The monoisotopic (exact) mass is 564 g/mol. The molecular weight excluding hydrogens is 542 g/mol. The number of aromatic nitrogens is 6. The van der Waals surface area contributed by atoms with Crippen LogP contribution in [0.15, 0.2) is 12.4 Å². The smallest absolute Gasteiger partial charge is 0.443 e. The lowest BCUT2D eigenvalue weighted by atomic mass is 10.1. The number of rotatable bonds is 6. The highest BCUT2D eigenvalue weighted by Gasteiger charge is 2.38. The van der Waals surface area contributed by atoms with Crippen LogP contribution < -0.4 is 9.64 Å². The molecule has 0 spiro atoms. The molecule has 3 aromatic heterocycles. The van der Waals surface area contributed by atoms with Gasteiger partial charge in [-0.2, -0.15) is 31.4 Å². The summed E-state index contributed by atoms with van der Waals surface area (Å²) in [5.74, 6) is 0.928. The minimum Gasteiger partial charge on any atom is -0.454 e. The Morgan fingerprint density at radius 2 is 1.79 bits per heavy atom. The van der Waals surface area contributed by atoms with Crippen molar-refractivity contribution in [2.75, 3.05) is 31.1 Å². The Balaban J connectivity index is 1.53. The van der Waals surface area contributed by atoms with Gasteiger partial charge in [-0.25, -0.2) is 24.6 Å². The summed E-state index contributed by atoms with van der Waals surface area (Å²) in [6.45, 7) is 4.30. The third-order valence-electron chi connectivity index (χ3n) is 5.60. The highest BCUT2D eigenvalue weighted by atomic mass is 32.1. The summed E-state index contributed by atoms with van der Waals surface area (Å²) in [5, 5.41) is 3.28. The molecule has 1 aliphatic rings. The van der Waals surface area contributed by atoms with Crippen LogP contribution in [0.1, 0.15) is 23.6 Å². The van der Waals surface area contributed by atoms with Gasteiger partial charge >= 0.3 is 18.4 Å². The van der Waals surface area contributed by atoms with Gasteiger partial charge in [-0.15, -0.1) is 0 Å². The number of nitrogens with zero attached hydrogens (tertiary/aromatic N) is 8. The molecule has 38 heavy (non-hydrogen) atoms. The topological polar surface area (TPSA) is 102 Å². The van der Waals surface area contributed by atoms with E-state index in [4.69, 9.17) is 0 Å². The van der Waals surface area contributed by atoms with Crippen LogP contribution in [0.5, 0.6) is 6.01 Å². The van der Waals surface area contributed by atoms with Crippen molar-refractivity contribution in [3.8, 4) is 17.3 Å². The van der Waals surface area contributed by atoms with E-state index in [2.05, 4.69) is 29.8 Å². The zero-order chi connectivity index (χ0) is 27.8. The summed E-state index contributed by atoms with van der Waals surface area (Å²) in [7, 11) is 0. The predicted octanol–water partition coefficient (Wildman–Crippen LogP) is 3.51. The molecule has 4 heterocycles. The number of carbonyl (C=O) groups excluding carboxylic acids is 1. The molecule has 1 aliphatic heterocycles. The number of alkyl halides is 6. The van der Waals surface area contributed by atoms with E-state index < -0.39 is 30.0 Å². The number of hydrogen-bond donors (Lipinski definition) is 0. The molecule has 3 aromatic rings. The van der Waals surface area contributed by atoms with E-state index in [0.717, 1.165) is 12.4 Å². The van der Waals surface area contributed by atoms with Crippen LogP contribution in [0.2, 0.25) is 0 Å². The average molecular weight is 565 g/mol. The first kappa shape index (κ1) is 27.5. The molecule has 0 N–H and O–H groups in total. The Hall–Kier alpha value is -3.50. The molecule has 206 valence electrons. The molecule has 0 radical (unpaired) electrons. The molecule has 0 bridgehead atoms. The van der Waals surface area contributed by atoms with E-state index in [1.54, 1.807) is 30.6 Å². The fraction of sp³-hybridized carbons (Fsp3) is 0.524. The summed E-state index contributed by atoms with van der Waals surface area (Å²) in [6.07, 6.45) is -7.20. The summed E-state index contributed by atoms with van der Waals surface area (Å²) >= 11 is 0.433. The molecule has 1 unspecified atom stereocenters. The molecule has 17 heteroatoms. The highest BCUT2D eigenvalue weighted by molar-refractivity contribution is 7.16. The van der Waals surface area contributed by atoms with Crippen LogP contribution in [0.3, 0.4) is 0 Å². The molecule has 4 rings (SSSR count). The molecule has 0 aliphatic carbocycles. The van der Waals surface area contributed by atoms with E-state index in [-0.39, 0.29) is 54.4 Å². The first-order valence-corrected chi connectivity index (χ1v) is 12.1. The second-order valence-electron chi connectivity index (χ2n) is 8.57. The van der Waals surface area contributed by atoms with E-state index >= 15 is 0 Å². The third-order valence-corrected chi connectivity index (χ3v) is 6.76. The summed E-state index contributed by atoms with van der Waals surface area (Å²) in [5.41, 5.74) is 0.0136. The molecule has 0 aromatic carbocycles. The standard InChI is InChI=1S/C21H22F6N8O2S/c1-11-8-33(4-5-34(11)15(36)9-35-13(3)30-12(2)32-35)17-16(31-18(38-17)21(25,26)27)14-6-28-19(29-7-14)37-10-20(22,23)24/h6-7,11H,4-5,8-10H2,1-3H3. The van der Waals surface area contributed by atoms with E-state index in [1.807, 2.05) is 0 Å². The number of piperazine rings is 1. The van der Waals surface area contributed by atoms with Gasteiger partial charge < -0.3 is 14.5 Å². The first-order valence-electron chi connectivity index (χ1n) is 11.2. The largest absolute Gasteiger partial charge is 0.454 e. The Morgan fingerprint density at radius 1 is 1.11 bits per heavy atom. The van der Waals surface area contributed by atoms with Crippen molar-refractivity contribution >= 4 is 22.2 Å². The SMILES string of the molecule is Cc1nc(C)n(CC(=O)N2CCN(c3sc(C(F)(F)F)nc3-c3cnc(OCC(F)(F)F)nc3)CC2C)n1. The van der Waals surface area contributed by atoms with Crippen LogP contribution in [0.25, 0.3) is 11.3 Å². The van der Waals surface area contributed by atoms with Gasteiger partial charge in [-0.1, -0.05) is 11.3 Å². The van der Waals surface area contributed by atoms with E-state index in [1.165, 1.54) is 4.68 Å². The molecule has 10 nitrogen and oxygen atoms in total. The van der Waals surface area contributed by atoms with E-state index in [0.29, 0.717) is 23.0 Å². The zero-order valence-corrected chi connectivity index (χ0v) is 21.2. The van der Waals surface area contributed by atoms with Gasteiger partial charge in [-0.3, -0.25) is 4.79 Å². The minimum absolute atomic E-state index is 0.0128. The Labute approximate surface area is 216 Å². The number of anilines is 1. The molecule has 1 saturated heterocycles. The maximum Gasteiger partial charge on any atom is 0.443 e. The lowest BCUT2D eigenvalue weighted by molar-refractivity contribution is -0.154. The van der Waals surface area contributed by atoms with Gasteiger partial charge in [0.2, 0.25) is 10.9 Å². The summed E-state index contributed by atoms with van der Waals surface area (Å²) in [4.78, 5) is 31.5. The number of thiazole rings is 1. The molecule has 0 saturated carbocycles. The number of hydrogen-bond acceptors (Lipinski definition) is 9. The normalized spacial score (nSPS) is 16.7. The minimum atomic E-state index is -4.72. The van der Waals surface area contributed by atoms with Crippen molar-refractivity contribution in [1.82, 2.24) is 34.6 Å². The van der Waals surface area contributed by atoms with Crippen molar-refractivity contribution in [3.63, 3.8) is 0 Å². The fourth-order valence-electron chi connectivity index (χ4n) is 3.94. The number of amides is 1. The number of carbonyl (C=O) groups is 1. The first-order chi connectivity index (χ1) is 17.7. The quantitative estimate of drug-likeness (QED) is 0.420. The van der Waals surface area contributed by atoms with Crippen LogP contribution in [0, 0.1) is 13.8 Å². The van der Waals surface area contributed by atoms with Crippen LogP contribution >= 0.6 is 11.3 Å². The van der Waals surface area contributed by atoms with Gasteiger partial charge in [0.1, 0.15) is 28.9 Å². The van der Waals surface area contributed by atoms with Gasteiger partial charge in [-0.05, 0) is 20.8 Å². The van der Waals surface area contributed by atoms with Crippen LogP contribution in [-0.2, 0) is 17.5 Å². The molecule has 1 atom stereocenters. The highest BCUT2D eigenvalue weighted by Crippen LogP contribution is 2.43. The fourth-order valence-corrected chi connectivity index (χ4v) is 4.93. The maximum absolute atomic E-state index is 13.5. The third kappa shape index (κ3) is 6.31.